The lowest BCUT2D eigenvalue weighted by Crippen LogP contribution is -2.28. The van der Waals surface area contributed by atoms with Crippen LogP contribution in [-0.2, 0) is 11.3 Å². The molecule has 0 aliphatic carbocycles. The maximum Gasteiger partial charge on any atom is 0.270 e. The monoisotopic (exact) mass is 478 g/mol. The molecule has 0 bridgehead atoms. The number of methoxy groups -OCH3 is 1. The topological polar surface area (TPSA) is 131 Å². The number of ether oxygens (including phenoxy) is 1. The van der Waals surface area contributed by atoms with E-state index >= 15 is 0 Å². The van der Waals surface area contributed by atoms with Gasteiger partial charge in [0.25, 0.3) is 11.6 Å². The van der Waals surface area contributed by atoms with Crippen molar-refractivity contribution in [3.8, 4) is 11.5 Å². The van der Waals surface area contributed by atoms with E-state index in [1.54, 1.807) is 42.5 Å². The zero-order valence-corrected chi connectivity index (χ0v) is 18.6. The second kappa shape index (κ2) is 10.0. The summed E-state index contributed by atoms with van der Waals surface area (Å²) in [5.41, 5.74) is 1.09. The van der Waals surface area contributed by atoms with Crippen molar-refractivity contribution in [2.24, 2.45) is 10.2 Å². The minimum atomic E-state index is -0.491. The van der Waals surface area contributed by atoms with Gasteiger partial charge in [0.1, 0.15) is 5.76 Å². The highest BCUT2D eigenvalue weighted by atomic mass is 32.2. The van der Waals surface area contributed by atoms with Crippen LogP contribution in [0.4, 0.5) is 5.69 Å². The van der Waals surface area contributed by atoms with Gasteiger partial charge in [-0.15, -0.1) is 5.10 Å². The van der Waals surface area contributed by atoms with Crippen molar-refractivity contribution in [2.45, 2.75) is 6.54 Å². The molecule has 0 atom stereocenters. The number of nitro benzene ring substituents is 1. The van der Waals surface area contributed by atoms with Gasteiger partial charge in [-0.2, -0.15) is 5.10 Å². The predicted octanol–water partition coefficient (Wildman–Crippen LogP) is 4.41. The van der Waals surface area contributed by atoms with E-state index in [1.807, 2.05) is 0 Å². The highest BCUT2D eigenvalue weighted by molar-refractivity contribution is 8.18. The summed E-state index contributed by atoms with van der Waals surface area (Å²) < 4.78 is 10.5. The van der Waals surface area contributed by atoms with Crippen molar-refractivity contribution < 1.29 is 24.0 Å². The van der Waals surface area contributed by atoms with Gasteiger partial charge in [0.2, 0.25) is 0 Å². The van der Waals surface area contributed by atoms with Crippen molar-refractivity contribution in [3.63, 3.8) is 0 Å². The van der Waals surface area contributed by atoms with Crippen LogP contribution in [0, 0.1) is 10.1 Å². The largest absolute Gasteiger partial charge is 0.504 e. The van der Waals surface area contributed by atoms with Gasteiger partial charge in [0.15, 0.2) is 16.7 Å². The van der Waals surface area contributed by atoms with Crippen LogP contribution in [0.1, 0.15) is 16.9 Å². The van der Waals surface area contributed by atoms with Gasteiger partial charge in [-0.3, -0.25) is 19.8 Å². The van der Waals surface area contributed by atoms with Crippen LogP contribution in [0.25, 0.3) is 6.08 Å². The first-order valence-corrected chi connectivity index (χ1v) is 10.7. The predicted molar refractivity (Wildman–Crippen MR) is 128 cm³/mol. The summed E-state index contributed by atoms with van der Waals surface area (Å²) in [6.07, 6.45) is 4.55. The minimum absolute atomic E-state index is 0.00320. The molecule has 1 aliphatic heterocycles. The molecule has 1 aliphatic rings. The van der Waals surface area contributed by atoms with Gasteiger partial charge < -0.3 is 14.3 Å². The molecule has 11 heteroatoms. The second-order valence-corrected chi connectivity index (χ2v) is 8.00. The normalized spacial score (nSPS) is 16.1. The number of carbonyl (C=O) groups is 1. The molecule has 4 rings (SSSR count). The lowest BCUT2D eigenvalue weighted by Gasteiger charge is -2.12. The Hall–Kier alpha value is -4.38. The summed E-state index contributed by atoms with van der Waals surface area (Å²) >= 11 is 1.10. The van der Waals surface area contributed by atoms with Crippen LogP contribution in [0.5, 0.6) is 11.5 Å². The van der Waals surface area contributed by atoms with Crippen LogP contribution >= 0.6 is 11.8 Å². The lowest BCUT2D eigenvalue weighted by molar-refractivity contribution is -0.384. The first-order valence-electron chi connectivity index (χ1n) is 9.91. The summed E-state index contributed by atoms with van der Waals surface area (Å²) in [4.78, 5) is 25.4. The Morgan fingerprint density at radius 1 is 1.21 bits per heavy atom. The van der Waals surface area contributed by atoms with Gasteiger partial charge >= 0.3 is 0 Å². The van der Waals surface area contributed by atoms with E-state index in [9.17, 15) is 20.0 Å². The molecule has 2 aromatic carbocycles. The lowest BCUT2D eigenvalue weighted by atomic mass is 10.2. The number of furan rings is 1. The molecule has 2 heterocycles. The molecule has 0 spiro atoms. The first-order chi connectivity index (χ1) is 16.4. The molecule has 1 aromatic heterocycles. The smallest absolute Gasteiger partial charge is 0.270 e. The third-order valence-corrected chi connectivity index (χ3v) is 5.71. The van der Waals surface area contributed by atoms with Crippen LogP contribution < -0.4 is 4.74 Å². The first kappa shape index (κ1) is 22.8. The average Bonchev–Trinajstić information content (AvgIpc) is 3.44. The third-order valence-electron chi connectivity index (χ3n) is 4.71. The summed E-state index contributed by atoms with van der Waals surface area (Å²) in [5, 5.41) is 29.4. The summed E-state index contributed by atoms with van der Waals surface area (Å²) in [7, 11) is 1.44. The third kappa shape index (κ3) is 5.15. The van der Waals surface area contributed by atoms with E-state index in [0.29, 0.717) is 32.7 Å². The molecule has 1 saturated heterocycles. The Balaban J connectivity index is 1.63. The number of rotatable bonds is 7. The van der Waals surface area contributed by atoms with Crippen molar-refractivity contribution in [3.05, 3.63) is 92.8 Å². The number of phenols is 1. The second-order valence-electron chi connectivity index (χ2n) is 6.99. The number of amidine groups is 1. The van der Waals surface area contributed by atoms with Crippen LogP contribution in [0.15, 0.2) is 80.4 Å². The van der Waals surface area contributed by atoms with Gasteiger partial charge in [0, 0.05) is 12.1 Å². The fourth-order valence-corrected chi connectivity index (χ4v) is 4.01. The van der Waals surface area contributed by atoms with Crippen LogP contribution in [-0.4, -0.2) is 39.3 Å². The fraction of sp³-hybridized carbons (Fsp3) is 0.0870. The molecule has 1 fully saturated rings. The molecule has 3 aromatic rings. The number of hydrogen-bond donors (Lipinski definition) is 1. The fourth-order valence-electron chi connectivity index (χ4n) is 3.08. The summed E-state index contributed by atoms with van der Waals surface area (Å²) in [6.45, 7) is 0.145. The zero-order valence-electron chi connectivity index (χ0n) is 17.8. The van der Waals surface area contributed by atoms with Crippen molar-refractivity contribution in [2.75, 3.05) is 7.11 Å². The standard InChI is InChI=1S/C23H18N4O6S/c1-32-20-11-16(7-8-19(20)28)13-24-25-23-26(14-18-6-3-9-33-18)22(29)21(34-23)12-15-4-2-5-17(10-15)27(30)31/h2-13,28H,14H2,1H3/b21-12-,24-13+,25-23-. The maximum absolute atomic E-state index is 13.1. The van der Waals surface area contributed by atoms with Gasteiger partial charge in [0.05, 0.1) is 36.0 Å². The van der Waals surface area contributed by atoms with Crippen molar-refractivity contribution in [1.82, 2.24) is 4.90 Å². The summed E-state index contributed by atoms with van der Waals surface area (Å²) in [5.74, 6) is 0.533. The Kier molecular flexibility index (Phi) is 6.74. The molecule has 0 saturated carbocycles. The van der Waals surface area contributed by atoms with Crippen LogP contribution in [0.2, 0.25) is 0 Å². The highest BCUT2D eigenvalue weighted by Crippen LogP contribution is 2.34. The molecule has 1 N–H and O–H groups in total. The SMILES string of the molecule is COc1cc(/C=N/N=C2\S/C(=C\c3cccc([N+](=O)[O-])c3)C(=O)N2Cc2ccco2)ccc1O. The highest BCUT2D eigenvalue weighted by Gasteiger charge is 2.34. The number of hydrogen-bond acceptors (Lipinski definition) is 9. The van der Waals surface area contributed by atoms with E-state index in [2.05, 4.69) is 10.2 Å². The molecule has 172 valence electrons. The number of thioether (sulfide) groups is 1. The van der Waals surface area contributed by atoms with E-state index in [0.717, 1.165) is 11.8 Å². The number of non-ortho nitro benzene ring substituents is 1. The Morgan fingerprint density at radius 3 is 2.79 bits per heavy atom. The molecule has 10 nitrogen and oxygen atoms in total. The van der Waals surface area contributed by atoms with Gasteiger partial charge in [-0.05, 0) is 59.3 Å². The van der Waals surface area contributed by atoms with E-state index < -0.39 is 4.92 Å². The number of nitro groups is 1. The minimum Gasteiger partial charge on any atom is -0.504 e. The van der Waals surface area contributed by atoms with Crippen LogP contribution in [0.3, 0.4) is 0 Å². The molecule has 0 unspecified atom stereocenters. The summed E-state index contributed by atoms with van der Waals surface area (Å²) in [6, 6.07) is 14.2. The maximum atomic E-state index is 13.1. The number of phenolic OH excluding ortho intramolecular Hbond substituents is 1. The number of carbonyl (C=O) groups excluding carboxylic acids is 1. The van der Waals surface area contributed by atoms with E-state index in [1.165, 1.54) is 42.7 Å². The molecule has 34 heavy (non-hydrogen) atoms. The number of aromatic hydroxyl groups is 1. The Bertz CT molecular complexity index is 1320. The number of benzene rings is 2. The average molecular weight is 478 g/mol. The van der Waals surface area contributed by atoms with Gasteiger partial charge in [-0.25, -0.2) is 0 Å². The molecule has 0 radical (unpaired) electrons. The van der Waals surface area contributed by atoms with Crippen molar-refractivity contribution in [1.29, 1.82) is 0 Å². The van der Waals surface area contributed by atoms with Crippen molar-refractivity contribution >= 4 is 40.8 Å². The van der Waals surface area contributed by atoms with Gasteiger partial charge in [-0.1, -0.05) is 12.1 Å². The molecular formula is C23H18N4O6S. The zero-order chi connectivity index (χ0) is 24.1. The molecule has 1 amide bonds. The van der Waals surface area contributed by atoms with E-state index in [-0.39, 0.29) is 23.9 Å². The number of amides is 1. The Morgan fingerprint density at radius 2 is 2.06 bits per heavy atom. The Labute approximate surface area is 198 Å². The quantitative estimate of drug-likeness (QED) is 0.230. The van der Waals surface area contributed by atoms with E-state index in [4.69, 9.17) is 9.15 Å². The number of nitrogens with zero attached hydrogens (tertiary/aromatic N) is 4. The molecular weight excluding hydrogens is 460 g/mol.